The topological polar surface area (TPSA) is 64.0 Å². The number of hydrogen-bond acceptors (Lipinski definition) is 4. The molecule has 1 amide bonds. The van der Waals surface area contributed by atoms with E-state index in [9.17, 15) is 9.59 Å². The first-order valence-electron chi connectivity index (χ1n) is 9.11. The lowest BCUT2D eigenvalue weighted by Gasteiger charge is -2.22. The summed E-state index contributed by atoms with van der Waals surface area (Å²) in [6.45, 7) is 11.8. The number of pyridine rings is 1. The number of nitrogens with one attached hydrogen (secondary N) is 1. The molecule has 0 aliphatic heterocycles. The summed E-state index contributed by atoms with van der Waals surface area (Å²) in [6.07, 6.45) is 0.514. The van der Waals surface area contributed by atoms with Crippen LogP contribution in [0.2, 0.25) is 0 Å². The first-order chi connectivity index (χ1) is 12.7. The van der Waals surface area contributed by atoms with Crippen molar-refractivity contribution in [3.05, 3.63) is 55.8 Å². The Balaban J connectivity index is 2.13. The maximum atomic E-state index is 13.0. The molecule has 1 unspecified atom stereocenters. The molecule has 6 heteroatoms. The number of rotatable bonds is 4. The van der Waals surface area contributed by atoms with Gasteiger partial charge in [0.1, 0.15) is 6.04 Å². The van der Waals surface area contributed by atoms with E-state index in [0.717, 1.165) is 38.2 Å². The third kappa shape index (κ3) is 3.54. The van der Waals surface area contributed by atoms with Crippen molar-refractivity contribution in [3.8, 4) is 0 Å². The number of hydrogen-bond donors (Lipinski definition) is 1. The summed E-state index contributed by atoms with van der Waals surface area (Å²) in [5.41, 5.74) is 4.66. The summed E-state index contributed by atoms with van der Waals surface area (Å²) in [6, 6.07) is 5.16. The average molecular weight is 384 g/mol. The highest BCUT2D eigenvalue weighted by Crippen LogP contribution is 2.27. The minimum Gasteiger partial charge on any atom is -0.300 e. The molecule has 1 N–H and O–H groups in total. The van der Waals surface area contributed by atoms with Crippen LogP contribution >= 0.6 is 11.3 Å². The van der Waals surface area contributed by atoms with Crippen molar-refractivity contribution in [2.45, 2.75) is 54.0 Å². The van der Waals surface area contributed by atoms with Crippen molar-refractivity contribution < 1.29 is 4.79 Å². The molecule has 27 heavy (non-hydrogen) atoms. The van der Waals surface area contributed by atoms with Gasteiger partial charge in [0.25, 0.3) is 5.56 Å². The highest BCUT2D eigenvalue weighted by atomic mass is 32.1. The molecule has 0 bridgehead atoms. The zero-order chi connectivity index (χ0) is 19.9. The zero-order valence-corrected chi connectivity index (χ0v) is 17.5. The van der Waals surface area contributed by atoms with Crippen LogP contribution in [0.5, 0.6) is 0 Å². The number of carbonyl (C=O) groups excluding carboxylic acids is 1. The largest absolute Gasteiger partial charge is 0.300 e. The van der Waals surface area contributed by atoms with Gasteiger partial charge < -0.3 is 5.32 Å². The lowest BCUT2D eigenvalue weighted by Crippen LogP contribution is -2.33. The first-order valence-corrected chi connectivity index (χ1v) is 9.92. The quantitative estimate of drug-likeness (QED) is 0.717. The van der Waals surface area contributed by atoms with Gasteiger partial charge in [0.15, 0.2) is 5.13 Å². The Kier molecular flexibility index (Phi) is 5.20. The minimum atomic E-state index is -0.591. The Bertz CT molecular complexity index is 1080. The zero-order valence-electron chi connectivity index (χ0n) is 16.6. The van der Waals surface area contributed by atoms with Crippen LogP contribution in [0.15, 0.2) is 23.0 Å². The van der Waals surface area contributed by atoms with Gasteiger partial charge >= 0.3 is 0 Å². The second-order valence-corrected chi connectivity index (χ2v) is 8.29. The van der Waals surface area contributed by atoms with E-state index in [0.29, 0.717) is 11.6 Å². The first kappa shape index (κ1) is 19.3. The molecule has 142 valence electrons. The standard InChI is InChI=1S/C21H25N3O2S/c1-7-17(20(26)23-21-22-14(5)15(6)27-21)24-18(25)10-12(3)16-9-11(2)8-13(4)19(16)24/h8-10,17H,7H2,1-6H3,(H,22,23,26). The van der Waals surface area contributed by atoms with E-state index in [4.69, 9.17) is 0 Å². The van der Waals surface area contributed by atoms with Crippen LogP contribution in [0, 0.1) is 34.6 Å². The lowest BCUT2D eigenvalue weighted by molar-refractivity contribution is -0.119. The Hall–Kier alpha value is -2.47. The van der Waals surface area contributed by atoms with Crippen LogP contribution in [0.1, 0.15) is 46.6 Å². The van der Waals surface area contributed by atoms with E-state index in [1.54, 1.807) is 10.6 Å². The minimum absolute atomic E-state index is 0.152. The molecule has 0 saturated carbocycles. The number of carbonyl (C=O) groups is 1. The second-order valence-electron chi connectivity index (χ2n) is 7.09. The van der Waals surface area contributed by atoms with E-state index in [2.05, 4.69) is 22.4 Å². The molecule has 0 fully saturated rings. The number of fused-ring (bicyclic) bond motifs is 1. The highest BCUT2D eigenvalue weighted by Gasteiger charge is 2.24. The third-order valence-electron chi connectivity index (χ3n) is 4.95. The van der Waals surface area contributed by atoms with Crippen LogP contribution in [0.3, 0.4) is 0 Å². The van der Waals surface area contributed by atoms with Gasteiger partial charge in [-0.25, -0.2) is 4.98 Å². The smallest absolute Gasteiger partial charge is 0.252 e. The predicted molar refractivity (Wildman–Crippen MR) is 112 cm³/mol. The molecule has 0 aliphatic rings. The number of thiazole rings is 1. The number of aryl methyl sites for hydroxylation is 5. The molecule has 2 aromatic heterocycles. The molecule has 1 atom stereocenters. The summed E-state index contributed by atoms with van der Waals surface area (Å²) >= 11 is 1.45. The number of nitrogens with zero attached hydrogens (tertiary/aromatic N) is 2. The van der Waals surface area contributed by atoms with Gasteiger partial charge in [-0.05, 0) is 58.2 Å². The van der Waals surface area contributed by atoms with Crippen molar-refractivity contribution in [1.82, 2.24) is 9.55 Å². The Morgan fingerprint density at radius 1 is 1.15 bits per heavy atom. The summed E-state index contributed by atoms with van der Waals surface area (Å²) in [5.74, 6) is -0.210. The van der Waals surface area contributed by atoms with Crippen molar-refractivity contribution >= 4 is 33.3 Å². The van der Waals surface area contributed by atoms with Crippen molar-refractivity contribution in [3.63, 3.8) is 0 Å². The summed E-state index contributed by atoms with van der Waals surface area (Å²) in [5, 5.41) is 4.49. The van der Waals surface area contributed by atoms with Crippen LogP contribution in [0.25, 0.3) is 10.9 Å². The van der Waals surface area contributed by atoms with Gasteiger partial charge in [-0.15, -0.1) is 11.3 Å². The molecular formula is C21H25N3O2S. The molecule has 0 spiro atoms. The second kappa shape index (κ2) is 7.27. The third-order valence-corrected chi connectivity index (χ3v) is 5.94. The van der Waals surface area contributed by atoms with E-state index in [1.165, 1.54) is 11.3 Å². The molecule has 3 aromatic rings. The normalized spacial score (nSPS) is 12.4. The fraction of sp³-hybridized carbons (Fsp3) is 0.381. The molecule has 3 rings (SSSR count). The number of amides is 1. The summed E-state index contributed by atoms with van der Waals surface area (Å²) in [7, 11) is 0. The molecule has 0 aliphatic carbocycles. The van der Waals surface area contributed by atoms with Gasteiger partial charge in [0.2, 0.25) is 5.91 Å². The monoisotopic (exact) mass is 383 g/mol. The Labute approximate surface area is 163 Å². The SMILES string of the molecule is CCC(C(=O)Nc1nc(C)c(C)s1)n1c(=O)cc(C)c2cc(C)cc(C)c21. The Morgan fingerprint density at radius 3 is 2.44 bits per heavy atom. The highest BCUT2D eigenvalue weighted by molar-refractivity contribution is 7.15. The molecule has 0 saturated heterocycles. The molecule has 5 nitrogen and oxygen atoms in total. The summed E-state index contributed by atoms with van der Waals surface area (Å²) < 4.78 is 1.64. The molecular weight excluding hydrogens is 358 g/mol. The van der Waals surface area contributed by atoms with Crippen LogP contribution < -0.4 is 10.9 Å². The van der Waals surface area contributed by atoms with Gasteiger partial charge in [0, 0.05) is 16.3 Å². The molecule has 0 radical (unpaired) electrons. The Morgan fingerprint density at radius 2 is 1.85 bits per heavy atom. The van der Waals surface area contributed by atoms with Gasteiger partial charge in [-0.3, -0.25) is 14.2 Å². The van der Waals surface area contributed by atoms with Gasteiger partial charge in [-0.2, -0.15) is 0 Å². The van der Waals surface area contributed by atoms with Gasteiger partial charge in [-0.1, -0.05) is 18.6 Å². The van der Waals surface area contributed by atoms with E-state index < -0.39 is 6.04 Å². The van der Waals surface area contributed by atoms with Gasteiger partial charge in [0.05, 0.1) is 11.2 Å². The average Bonchev–Trinajstić information content (AvgIpc) is 2.89. The van der Waals surface area contributed by atoms with E-state index >= 15 is 0 Å². The number of benzene rings is 1. The fourth-order valence-corrected chi connectivity index (χ4v) is 4.35. The van der Waals surface area contributed by atoms with E-state index in [-0.39, 0.29) is 11.5 Å². The molecule has 1 aromatic carbocycles. The maximum absolute atomic E-state index is 13.0. The number of aromatic nitrogens is 2. The van der Waals surface area contributed by atoms with Crippen LogP contribution in [-0.4, -0.2) is 15.5 Å². The lowest BCUT2D eigenvalue weighted by atomic mass is 10.0. The van der Waals surface area contributed by atoms with Crippen molar-refractivity contribution in [2.75, 3.05) is 5.32 Å². The van der Waals surface area contributed by atoms with Crippen LogP contribution in [0.4, 0.5) is 5.13 Å². The maximum Gasteiger partial charge on any atom is 0.252 e. The van der Waals surface area contributed by atoms with Crippen molar-refractivity contribution in [2.24, 2.45) is 0 Å². The predicted octanol–water partition coefficient (Wildman–Crippen LogP) is 4.59. The molecule has 2 heterocycles. The fourth-order valence-electron chi connectivity index (χ4n) is 3.53. The van der Waals surface area contributed by atoms with Crippen molar-refractivity contribution in [1.29, 1.82) is 0 Å². The van der Waals surface area contributed by atoms with E-state index in [1.807, 2.05) is 41.5 Å². The summed E-state index contributed by atoms with van der Waals surface area (Å²) in [4.78, 5) is 31.4. The van der Waals surface area contributed by atoms with Crippen LogP contribution in [-0.2, 0) is 4.79 Å². The number of anilines is 1.